The van der Waals surface area contributed by atoms with E-state index in [9.17, 15) is 9.59 Å². The second-order valence-electron chi connectivity index (χ2n) is 6.95. The molecule has 0 radical (unpaired) electrons. The fraction of sp³-hybridized carbons (Fsp3) is 0.364. The highest BCUT2D eigenvalue weighted by Crippen LogP contribution is 2.37. The summed E-state index contributed by atoms with van der Waals surface area (Å²) in [7, 11) is 1.47. The van der Waals surface area contributed by atoms with Crippen molar-refractivity contribution in [1.82, 2.24) is 9.80 Å². The molecule has 2 heterocycles. The third kappa shape index (κ3) is 4.34. The van der Waals surface area contributed by atoms with E-state index in [0.717, 1.165) is 12.0 Å². The van der Waals surface area contributed by atoms with Gasteiger partial charge in [0.1, 0.15) is 13.2 Å². The van der Waals surface area contributed by atoms with E-state index in [-0.39, 0.29) is 31.0 Å². The molecule has 0 fully saturated rings. The van der Waals surface area contributed by atoms with Gasteiger partial charge in [-0.1, -0.05) is 35.9 Å². The number of benzene rings is 1. The fourth-order valence-corrected chi connectivity index (χ4v) is 4.48. The van der Waals surface area contributed by atoms with Crippen LogP contribution in [0, 0.1) is 6.92 Å². The molecule has 148 valence electrons. The number of aryl methyl sites for hydroxylation is 1. The highest BCUT2D eigenvalue weighted by atomic mass is 32.1. The first-order valence-corrected chi connectivity index (χ1v) is 10.2. The summed E-state index contributed by atoms with van der Waals surface area (Å²) in [5, 5.41) is 2.09. The van der Waals surface area contributed by atoms with Gasteiger partial charge in [-0.05, 0) is 35.9 Å². The van der Waals surface area contributed by atoms with Gasteiger partial charge < -0.3 is 14.5 Å². The predicted molar refractivity (Wildman–Crippen MR) is 111 cm³/mol. The molecule has 6 heteroatoms. The molecular weight excluding hydrogens is 372 g/mol. The van der Waals surface area contributed by atoms with Crippen molar-refractivity contribution >= 4 is 23.2 Å². The largest absolute Gasteiger partial charge is 0.375 e. The van der Waals surface area contributed by atoms with E-state index >= 15 is 0 Å². The first kappa shape index (κ1) is 20.3. The Balaban J connectivity index is 1.87. The van der Waals surface area contributed by atoms with Crippen LogP contribution in [-0.4, -0.2) is 55.0 Å². The second kappa shape index (κ2) is 9.17. The van der Waals surface area contributed by atoms with Gasteiger partial charge in [0.25, 0.3) is 0 Å². The molecule has 0 saturated heterocycles. The van der Waals surface area contributed by atoms with Crippen LogP contribution < -0.4 is 0 Å². The number of methoxy groups -OCH3 is 1. The minimum Gasteiger partial charge on any atom is -0.375 e. The van der Waals surface area contributed by atoms with Crippen molar-refractivity contribution < 1.29 is 14.3 Å². The van der Waals surface area contributed by atoms with Crippen molar-refractivity contribution in [1.29, 1.82) is 0 Å². The Labute approximate surface area is 170 Å². The number of nitrogens with zero attached hydrogens (tertiary/aromatic N) is 2. The highest BCUT2D eigenvalue weighted by molar-refractivity contribution is 7.10. The number of fused-ring (bicyclic) bond motifs is 1. The van der Waals surface area contributed by atoms with E-state index in [0.29, 0.717) is 13.1 Å². The minimum atomic E-state index is -0.212. The van der Waals surface area contributed by atoms with Crippen molar-refractivity contribution in [2.24, 2.45) is 0 Å². The number of carbonyl (C=O) groups is 2. The van der Waals surface area contributed by atoms with Crippen molar-refractivity contribution in [3.05, 3.63) is 69.9 Å². The van der Waals surface area contributed by atoms with Crippen LogP contribution in [0.15, 0.2) is 48.4 Å². The monoisotopic (exact) mass is 398 g/mol. The van der Waals surface area contributed by atoms with Crippen LogP contribution in [0.25, 0.3) is 0 Å². The lowest BCUT2D eigenvalue weighted by molar-refractivity contribution is -0.143. The first-order chi connectivity index (χ1) is 13.5. The summed E-state index contributed by atoms with van der Waals surface area (Å²) in [5.74, 6) is -0.274. The zero-order valence-electron chi connectivity index (χ0n) is 16.4. The van der Waals surface area contributed by atoms with Gasteiger partial charge in [-0.2, -0.15) is 0 Å². The van der Waals surface area contributed by atoms with Gasteiger partial charge in [-0.3, -0.25) is 9.59 Å². The van der Waals surface area contributed by atoms with E-state index in [4.69, 9.17) is 4.74 Å². The fourth-order valence-electron chi connectivity index (χ4n) is 3.57. The smallest absolute Gasteiger partial charge is 0.249 e. The minimum absolute atomic E-state index is 0.0239. The molecule has 0 bridgehead atoms. The topological polar surface area (TPSA) is 49.9 Å². The van der Waals surface area contributed by atoms with Gasteiger partial charge in [0.2, 0.25) is 11.8 Å². The molecule has 2 amide bonds. The average Bonchev–Trinajstić information content (AvgIpc) is 3.16. The average molecular weight is 399 g/mol. The quantitative estimate of drug-likeness (QED) is 0.673. The van der Waals surface area contributed by atoms with E-state index in [1.54, 1.807) is 17.4 Å². The molecule has 3 rings (SSSR count). The van der Waals surface area contributed by atoms with E-state index in [1.807, 2.05) is 4.90 Å². The standard InChI is InChI=1S/C22H26N2O3S/c1-4-11-23(21(26)15-27-3)14-20(25)24-12-9-19-18(10-13-28-19)22(24)17-7-5-16(2)6-8-17/h4-8,10,13,22H,1,9,11-12,14-15H2,2-3H3. The van der Waals surface area contributed by atoms with Crippen LogP contribution in [-0.2, 0) is 20.7 Å². The molecule has 1 atom stereocenters. The molecule has 0 N–H and O–H groups in total. The van der Waals surface area contributed by atoms with Crippen molar-refractivity contribution in [2.45, 2.75) is 19.4 Å². The molecule has 1 aliphatic rings. The number of rotatable bonds is 7. The van der Waals surface area contributed by atoms with Gasteiger partial charge in [0.05, 0.1) is 6.04 Å². The maximum atomic E-state index is 13.2. The van der Waals surface area contributed by atoms with Crippen LogP contribution >= 0.6 is 11.3 Å². The molecule has 2 aromatic rings. The summed E-state index contributed by atoms with van der Waals surface area (Å²) >= 11 is 1.74. The molecule has 0 saturated carbocycles. The summed E-state index contributed by atoms with van der Waals surface area (Å²) in [6, 6.07) is 10.3. The lowest BCUT2D eigenvalue weighted by Crippen LogP contribution is -2.47. The van der Waals surface area contributed by atoms with Crippen LogP contribution in [0.5, 0.6) is 0 Å². The third-order valence-electron chi connectivity index (χ3n) is 4.98. The molecule has 0 aliphatic carbocycles. The van der Waals surface area contributed by atoms with Crippen molar-refractivity contribution in [2.75, 3.05) is 33.4 Å². The summed E-state index contributed by atoms with van der Waals surface area (Å²) in [6.45, 7) is 6.70. The van der Waals surface area contributed by atoms with E-state index < -0.39 is 0 Å². The Morgan fingerprint density at radius 1 is 1.32 bits per heavy atom. The van der Waals surface area contributed by atoms with Gasteiger partial charge >= 0.3 is 0 Å². The zero-order valence-corrected chi connectivity index (χ0v) is 17.2. The summed E-state index contributed by atoms with van der Waals surface area (Å²) in [5.41, 5.74) is 3.47. The summed E-state index contributed by atoms with van der Waals surface area (Å²) in [6.07, 6.45) is 2.47. The number of hydrogen-bond donors (Lipinski definition) is 0. The van der Waals surface area contributed by atoms with Crippen LogP contribution in [0.1, 0.15) is 27.6 Å². The second-order valence-corrected chi connectivity index (χ2v) is 7.95. The van der Waals surface area contributed by atoms with E-state index in [1.165, 1.54) is 28.0 Å². The van der Waals surface area contributed by atoms with Gasteiger partial charge in [-0.15, -0.1) is 17.9 Å². The lowest BCUT2D eigenvalue weighted by atomic mass is 9.92. The Morgan fingerprint density at radius 3 is 2.75 bits per heavy atom. The predicted octanol–water partition coefficient (Wildman–Crippen LogP) is 3.19. The first-order valence-electron chi connectivity index (χ1n) is 9.35. The van der Waals surface area contributed by atoms with Gasteiger partial charge in [0, 0.05) is 25.1 Å². The van der Waals surface area contributed by atoms with Crippen molar-refractivity contribution in [3.63, 3.8) is 0 Å². The summed E-state index contributed by atoms with van der Waals surface area (Å²) in [4.78, 5) is 30.2. The number of ether oxygens (including phenoxy) is 1. The maximum absolute atomic E-state index is 13.2. The number of amides is 2. The molecule has 1 aliphatic heterocycles. The molecule has 1 unspecified atom stereocenters. The molecule has 1 aromatic heterocycles. The Hall–Kier alpha value is -2.44. The van der Waals surface area contributed by atoms with Crippen LogP contribution in [0.3, 0.4) is 0 Å². The summed E-state index contributed by atoms with van der Waals surface area (Å²) < 4.78 is 4.95. The number of hydrogen-bond acceptors (Lipinski definition) is 4. The molecule has 0 spiro atoms. The SMILES string of the molecule is C=CCN(CC(=O)N1CCc2sccc2C1c1ccc(C)cc1)C(=O)COC. The molecule has 28 heavy (non-hydrogen) atoms. The zero-order chi connectivity index (χ0) is 20.1. The molecule has 1 aromatic carbocycles. The van der Waals surface area contributed by atoms with Crippen LogP contribution in [0.4, 0.5) is 0 Å². The lowest BCUT2D eigenvalue weighted by Gasteiger charge is -2.37. The number of thiophene rings is 1. The Morgan fingerprint density at radius 2 is 2.07 bits per heavy atom. The van der Waals surface area contributed by atoms with Gasteiger partial charge in [-0.25, -0.2) is 0 Å². The van der Waals surface area contributed by atoms with Crippen LogP contribution in [0.2, 0.25) is 0 Å². The molecule has 5 nitrogen and oxygen atoms in total. The highest BCUT2D eigenvalue weighted by Gasteiger charge is 2.33. The number of carbonyl (C=O) groups excluding carboxylic acids is 2. The van der Waals surface area contributed by atoms with E-state index in [2.05, 4.69) is 49.2 Å². The normalized spacial score (nSPS) is 15.8. The van der Waals surface area contributed by atoms with Gasteiger partial charge in [0.15, 0.2) is 0 Å². The Bertz CT molecular complexity index is 844. The third-order valence-corrected chi connectivity index (χ3v) is 5.97. The molecular formula is C22H26N2O3S. The Kier molecular flexibility index (Phi) is 6.65. The van der Waals surface area contributed by atoms with Crippen molar-refractivity contribution in [3.8, 4) is 0 Å². The maximum Gasteiger partial charge on any atom is 0.249 e.